The van der Waals surface area contributed by atoms with Crippen molar-refractivity contribution in [2.45, 2.75) is 58.6 Å². The SMILES string of the molecule is CCNC(=O)C1CCCCN1C(=O)OC(C)(C)C. The summed E-state index contributed by atoms with van der Waals surface area (Å²) < 4.78 is 5.34. The maximum Gasteiger partial charge on any atom is 0.410 e. The van der Waals surface area contributed by atoms with E-state index in [2.05, 4.69) is 5.32 Å². The molecule has 0 radical (unpaired) electrons. The molecule has 0 saturated carbocycles. The van der Waals surface area contributed by atoms with Gasteiger partial charge in [0.05, 0.1) is 0 Å². The second kappa shape index (κ2) is 6.07. The Balaban J connectivity index is 2.70. The highest BCUT2D eigenvalue weighted by Crippen LogP contribution is 2.20. The van der Waals surface area contributed by atoms with E-state index in [1.54, 1.807) is 4.90 Å². The number of carbonyl (C=O) groups excluding carboxylic acids is 2. The van der Waals surface area contributed by atoms with Crippen molar-refractivity contribution >= 4 is 12.0 Å². The van der Waals surface area contributed by atoms with E-state index in [0.29, 0.717) is 19.5 Å². The lowest BCUT2D eigenvalue weighted by Gasteiger charge is -2.35. The predicted molar refractivity (Wildman–Crippen MR) is 69.3 cm³/mol. The van der Waals surface area contributed by atoms with E-state index < -0.39 is 11.7 Å². The molecule has 1 aliphatic heterocycles. The lowest BCUT2D eigenvalue weighted by Crippen LogP contribution is -2.53. The van der Waals surface area contributed by atoms with Crippen LogP contribution in [-0.4, -0.2) is 41.6 Å². The van der Waals surface area contributed by atoms with Gasteiger partial charge in [0.2, 0.25) is 5.91 Å². The normalized spacial score (nSPS) is 20.4. The summed E-state index contributed by atoms with van der Waals surface area (Å²) >= 11 is 0. The van der Waals surface area contributed by atoms with Crippen LogP contribution in [-0.2, 0) is 9.53 Å². The van der Waals surface area contributed by atoms with Crippen LogP contribution in [0.5, 0.6) is 0 Å². The van der Waals surface area contributed by atoms with E-state index in [9.17, 15) is 9.59 Å². The van der Waals surface area contributed by atoms with Gasteiger partial charge in [-0.1, -0.05) is 0 Å². The van der Waals surface area contributed by atoms with E-state index in [0.717, 1.165) is 12.8 Å². The van der Waals surface area contributed by atoms with E-state index in [1.165, 1.54) is 0 Å². The molecule has 0 aromatic rings. The quantitative estimate of drug-likeness (QED) is 0.821. The molecule has 1 unspecified atom stereocenters. The fraction of sp³-hybridized carbons (Fsp3) is 0.846. The zero-order valence-corrected chi connectivity index (χ0v) is 11.8. The minimum Gasteiger partial charge on any atom is -0.444 e. The summed E-state index contributed by atoms with van der Waals surface area (Å²) in [6.07, 6.45) is 2.22. The van der Waals surface area contributed by atoms with Crippen LogP contribution in [0.1, 0.15) is 47.0 Å². The first kappa shape index (κ1) is 14.8. The zero-order valence-electron chi connectivity index (χ0n) is 11.8. The molecule has 104 valence electrons. The standard InChI is InChI=1S/C13H24N2O3/c1-5-14-11(16)10-8-6-7-9-15(10)12(17)18-13(2,3)4/h10H,5-9H2,1-4H3,(H,14,16). The third-order valence-electron chi connectivity index (χ3n) is 2.78. The first-order chi connectivity index (χ1) is 8.35. The summed E-state index contributed by atoms with van der Waals surface area (Å²) in [6, 6.07) is -0.381. The maximum atomic E-state index is 12.1. The minimum absolute atomic E-state index is 0.0805. The lowest BCUT2D eigenvalue weighted by molar-refractivity contribution is -0.127. The van der Waals surface area contributed by atoms with Gasteiger partial charge in [0.1, 0.15) is 11.6 Å². The molecule has 1 rings (SSSR count). The van der Waals surface area contributed by atoms with Crippen molar-refractivity contribution in [2.24, 2.45) is 0 Å². The molecule has 0 bridgehead atoms. The van der Waals surface area contributed by atoms with Crippen molar-refractivity contribution < 1.29 is 14.3 Å². The average Bonchev–Trinajstić information content (AvgIpc) is 2.27. The van der Waals surface area contributed by atoms with Crippen LogP contribution in [0.4, 0.5) is 4.79 Å². The number of hydrogen-bond donors (Lipinski definition) is 1. The molecule has 1 fully saturated rings. The van der Waals surface area contributed by atoms with Crippen molar-refractivity contribution in [3.63, 3.8) is 0 Å². The van der Waals surface area contributed by atoms with E-state index in [-0.39, 0.29) is 11.9 Å². The monoisotopic (exact) mass is 256 g/mol. The van der Waals surface area contributed by atoms with Crippen LogP contribution in [0.25, 0.3) is 0 Å². The largest absolute Gasteiger partial charge is 0.444 e. The summed E-state index contributed by atoms with van der Waals surface area (Å²) in [4.78, 5) is 25.5. The molecule has 5 nitrogen and oxygen atoms in total. The molecule has 0 aromatic carbocycles. The first-order valence-electron chi connectivity index (χ1n) is 6.62. The fourth-order valence-corrected chi connectivity index (χ4v) is 2.04. The van der Waals surface area contributed by atoms with Crippen molar-refractivity contribution in [3.8, 4) is 0 Å². The molecule has 18 heavy (non-hydrogen) atoms. The van der Waals surface area contributed by atoms with Crippen molar-refractivity contribution in [3.05, 3.63) is 0 Å². The van der Waals surface area contributed by atoms with Crippen molar-refractivity contribution in [1.82, 2.24) is 10.2 Å². The summed E-state index contributed by atoms with van der Waals surface area (Å²) in [5, 5.41) is 2.77. The zero-order chi connectivity index (χ0) is 13.8. The summed E-state index contributed by atoms with van der Waals surface area (Å²) in [5.74, 6) is -0.0805. The van der Waals surface area contributed by atoms with Gasteiger partial charge in [-0.15, -0.1) is 0 Å². The Morgan fingerprint density at radius 3 is 2.56 bits per heavy atom. The predicted octanol–water partition coefficient (Wildman–Crippen LogP) is 1.91. The van der Waals surface area contributed by atoms with Gasteiger partial charge in [0.25, 0.3) is 0 Å². The topological polar surface area (TPSA) is 58.6 Å². The van der Waals surface area contributed by atoms with Crippen LogP contribution in [0, 0.1) is 0 Å². The number of nitrogens with one attached hydrogen (secondary N) is 1. The molecule has 1 aliphatic rings. The summed E-state index contributed by atoms with van der Waals surface area (Å²) in [6.45, 7) is 8.54. The Bertz CT molecular complexity index is 310. The van der Waals surface area contributed by atoms with Crippen LogP contribution in [0.3, 0.4) is 0 Å². The van der Waals surface area contributed by atoms with Gasteiger partial charge in [-0.3, -0.25) is 9.69 Å². The number of ether oxygens (including phenoxy) is 1. The lowest BCUT2D eigenvalue weighted by atomic mass is 10.0. The number of likely N-dealkylation sites (N-methyl/N-ethyl adjacent to an activating group) is 1. The van der Waals surface area contributed by atoms with Crippen LogP contribution in [0.15, 0.2) is 0 Å². The number of carbonyl (C=O) groups is 2. The van der Waals surface area contributed by atoms with Gasteiger partial charge < -0.3 is 10.1 Å². The molecular formula is C13H24N2O3. The smallest absolute Gasteiger partial charge is 0.410 e. The highest BCUT2D eigenvalue weighted by atomic mass is 16.6. The number of hydrogen-bond acceptors (Lipinski definition) is 3. The number of likely N-dealkylation sites (tertiary alicyclic amines) is 1. The Hall–Kier alpha value is -1.26. The highest BCUT2D eigenvalue weighted by Gasteiger charge is 2.34. The van der Waals surface area contributed by atoms with Gasteiger partial charge in [-0.25, -0.2) is 4.79 Å². The average molecular weight is 256 g/mol. The van der Waals surface area contributed by atoms with Crippen LogP contribution >= 0.6 is 0 Å². The van der Waals surface area contributed by atoms with Gasteiger partial charge in [-0.05, 0) is 47.0 Å². The molecule has 0 spiro atoms. The molecule has 1 heterocycles. The van der Waals surface area contributed by atoms with Crippen LogP contribution < -0.4 is 5.32 Å². The Kier molecular flexibility index (Phi) is 4.99. The van der Waals surface area contributed by atoms with Gasteiger partial charge in [0, 0.05) is 13.1 Å². The van der Waals surface area contributed by atoms with Gasteiger partial charge in [-0.2, -0.15) is 0 Å². The minimum atomic E-state index is -0.527. The number of rotatable bonds is 2. The van der Waals surface area contributed by atoms with E-state index >= 15 is 0 Å². The molecular weight excluding hydrogens is 232 g/mol. The molecule has 0 aromatic heterocycles. The molecule has 1 N–H and O–H groups in total. The molecule has 0 aliphatic carbocycles. The van der Waals surface area contributed by atoms with Gasteiger partial charge in [0.15, 0.2) is 0 Å². The fourth-order valence-electron chi connectivity index (χ4n) is 2.04. The molecule has 1 saturated heterocycles. The third-order valence-corrected chi connectivity index (χ3v) is 2.78. The highest BCUT2D eigenvalue weighted by molar-refractivity contribution is 5.85. The maximum absolute atomic E-state index is 12.1. The van der Waals surface area contributed by atoms with Gasteiger partial charge >= 0.3 is 6.09 Å². The summed E-state index contributed by atoms with van der Waals surface area (Å²) in [7, 11) is 0. The van der Waals surface area contributed by atoms with Crippen LogP contribution in [0.2, 0.25) is 0 Å². The van der Waals surface area contributed by atoms with Crippen molar-refractivity contribution in [1.29, 1.82) is 0 Å². The second-order valence-electron chi connectivity index (χ2n) is 5.58. The van der Waals surface area contributed by atoms with E-state index in [4.69, 9.17) is 4.74 Å². The molecule has 2 amide bonds. The molecule has 1 atom stereocenters. The second-order valence-corrected chi connectivity index (χ2v) is 5.58. The Labute approximate surface area is 109 Å². The van der Waals surface area contributed by atoms with E-state index in [1.807, 2.05) is 27.7 Å². The number of nitrogens with zero attached hydrogens (tertiary/aromatic N) is 1. The number of amides is 2. The summed E-state index contributed by atoms with van der Waals surface area (Å²) in [5.41, 5.74) is -0.527. The molecule has 5 heteroatoms. The Morgan fingerprint density at radius 1 is 1.33 bits per heavy atom. The first-order valence-corrected chi connectivity index (χ1v) is 6.62. The van der Waals surface area contributed by atoms with Crippen molar-refractivity contribution in [2.75, 3.05) is 13.1 Å². The third kappa shape index (κ3) is 4.20. The Morgan fingerprint density at radius 2 is 2.00 bits per heavy atom. The number of piperidine rings is 1.